The number of rotatable bonds is 4. The van der Waals surface area contributed by atoms with Crippen LogP contribution in [-0.4, -0.2) is 60.3 Å². The summed E-state index contributed by atoms with van der Waals surface area (Å²) in [6.07, 6.45) is 3.59. The number of carbonyl (C=O) groups excluding carboxylic acids is 2. The highest BCUT2D eigenvalue weighted by atomic mass is 35.5. The number of alkyl carbamates (subject to hydrolysis) is 1. The number of piperazine rings is 1. The van der Waals surface area contributed by atoms with Crippen molar-refractivity contribution in [1.29, 1.82) is 0 Å². The van der Waals surface area contributed by atoms with Crippen LogP contribution in [0.3, 0.4) is 0 Å². The molecule has 1 aromatic carbocycles. The summed E-state index contributed by atoms with van der Waals surface area (Å²) in [6, 6.07) is 5.61. The zero-order valence-electron chi connectivity index (χ0n) is 20.1. The molecular formula is C24H33ClN6O3. The number of benzene rings is 1. The zero-order chi connectivity index (χ0) is 23.5. The molecule has 0 saturated carbocycles. The number of amides is 2. The number of ether oxygens (including phenoxy) is 1. The second-order valence-electron chi connectivity index (χ2n) is 8.91. The Morgan fingerprint density at radius 3 is 2.44 bits per heavy atom. The molecule has 2 aliphatic heterocycles. The first-order valence-electron chi connectivity index (χ1n) is 11.5. The fourth-order valence-corrected chi connectivity index (χ4v) is 4.55. The minimum Gasteiger partial charge on any atom is -0.447 e. The third-order valence-electron chi connectivity index (χ3n) is 6.03. The van der Waals surface area contributed by atoms with E-state index in [1.807, 2.05) is 51.4 Å². The average molecular weight is 489 g/mol. The third kappa shape index (κ3) is 5.59. The van der Waals surface area contributed by atoms with Gasteiger partial charge in [0.2, 0.25) is 11.9 Å². The van der Waals surface area contributed by atoms with Gasteiger partial charge >= 0.3 is 6.09 Å². The van der Waals surface area contributed by atoms with E-state index in [1.54, 1.807) is 11.8 Å². The average Bonchev–Trinajstić information content (AvgIpc) is 2.79. The summed E-state index contributed by atoms with van der Waals surface area (Å²) in [5.41, 5.74) is 3.50. The Hall–Kier alpha value is -2.91. The molecule has 184 valence electrons. The van der Waals surface area contributed by atoms with Gasteiger partial charge in [-0.3, -0.25) is 4.79 Å². The van der Waals surface area contributed by atoms with Crippen molar-refractivity contribution in [3.63, 3.8) is 0 Å². The molecule has 0 spiro atoms. The van der Waals surface area contributed by atoms with Gasteiger partial charge in [-0.05, 0) is 50.5 Å². The summed E-state index contributed by atoms with van der Waals surface area (Å²) in [7, 11) is 0. The third-order valence-corrected chi connectivity index (χ3v) is 6.03. The summed E-state index contributed by atoms with van der Waals surface area (Å²) in [5.74, 6) is 0.703. The number of carbonyl (C=O) groups is 2. The number of hydrogen-bond donors (Lipinski definition) is 2. The number of halogens is 1. The fourth-order valence-electron chi connectivity index (χ4n) is 4.55. The first kappa shape index (κ1) is 25.7. The predicted molar refractivity (Wildman–Crippen MR) is 135 cm³/mol. The van der Waals surface area contributed by atoms with Gasteiger partial charge < -0.3 is 25.2 Å². The van der Waals surface area contributed by atoms with E-state index >= 15 is 0 Å². The van der Waals surface area contributed by atoms with Crippen molar-refractivity contribution < 1.29 is 14.3 Å². The van der Waals surface area contributed by atoms with Crippen LogP contribution in [-0.2, 0) is 9.53 Å². The smallest absolute Gasteiger partial charge is 0.407 e. The minimum atomic E-state index is -0.460. The molecule has 1 aromatic heterocycles. The first-order chi connectivity index (χ1) is 15.8. The Morgan fingerprint density at radius 1 is 1.15 bits per heavy atom. The lowest BCUT2D eigenvalue weighted by molar-refractivity contribution is -0.117. The molecular weight excluding hydrogens is 456 g/mol. The molecule has 4 rings (SSSR count). The maximum Gasteiger partial charge on any atom is 0.407 e. The SMILES string of the molecule is CC(=O)N1c2ccc(-c3cnc(N4CCNCC4)nc3)cc2[C@H](NC(=O)OC(C)C)C[C@@H]1C.Cl. The van der Waals surface area contributed by atoms with E-state index in [1.165, 1.54) is 0 Å². The van der Waals surface area contributed by atoms with Crippen LogP contribution in [0.2, 0.25) is 0 Å². The van der Waals surface area contributed by atoms with E-state index in [9.17, 15) is 9.59 Å². The molecule has 2 amide bonds. The lowest BCUT2D eigenvalue weighted by atomic mass is 9.89. The maximum atomic E-state index is 12.4. The van der Waals surface area contributed by atoms with Gasteiger partial charge in [-0.1, -0.05) is 6.07 Å². The van der Waals surface area contributed by atoms with E-state index in [0.717, 1.165) is 54.5 Å². The second kappa shape index (κ2) is 11.0. The molecule has 2 aliphatic rings. The lowest BCUT2D eigenvalue weighted by Gasteiger charge is -2.39. The molecule has 2 atom stereocenters. The quantitative estimate of drug-likeness (QED) is 0.681. The van der Waals surface area contributed by atoms with Crippen molar-refractivity contribution in [1.82, 2.24) is 20.6 Å². The van der Waals surface area contributed by atoms with Crippen LogP contribution >= 0.6 is 12.4 Å². The molecule has 9 nitrogen and oxygen atoms in total. The van der Waals surface area contributed by atoms with Gasteiger partial charge in [-0.2, -0.15) is 0 Å². The number of anilines is 2. The van der Waals surface area contributed by atoms with Crippen LogP contribution in [0.4, 0.5) is 16.4 Å². The predicted octanol–water partition coefficient (Wildman–Crippen LogP) is 3.30. The van der Waals surface area contributed by atoms with Crippen molar-refractivity contribution in [3.8, 4) is 11.1 Å². The van der Waals surface area contributed by atoms with Gasteiger partial charge in [-0.15, -0.1) is 12.4 Å². The lowest BCUT2D eigenvalue weighted by Crippen LogP contribution is -2.45. The summed E-state index contributed by atoms with van der Waals surface area (Å²) in [5, 5.41) is 6.31. The van der Waals surface area contributed by atoms with Crippen molar-refractivity contribution in [2.45, 2.75) is 52.3 Å². The van der Waals surface area contributed by atoms with Gasteiger partial charge in [0.15, 0.2) is 0 Å². The largest absolute Gasteiger partial charge is 0.447 e. The van der Waals surface area contributed by atoms with Crippen LogP contribution in [0.15, 0.2) is 30.6 Å². The Kier molecular flexibility index (Phi) is 8.33. The normalized spacial score (nSPS) is 19.8. The van der Waals surface area contributed by atoms with Crippen molar-refractivity contribution in [3.05, 3.63) is 36.2 Å². The number of nitrogens with zero attached hydrogens (tertiary/aromatic N) is 4. The van der Waals surface area contributed by atoms with Gasteiger partial charge in [0, 0.05) is 62.8 Å². The van der Waals surface area contributed by atoms with Gasteiger partial charge in [0.1, 0.15) is 0 Å². The van der Waals surface area contributed by atoms with E-state index in [0.29, 0.717) is 6.42 Å². The Balaban J connectivity index is 0.00000324. The van der Waals surface area contributed by atoms with Gasteiger partial charge in [0.05, 0.1) is 12.1 Å². The Labute approximate surface area is 206 Å². The minimum absolute atomic E-state index is 0. The van der Waals surface area contributed by atoms with E-state index < -0.39 is 6.09 Å². The molecule has 2 aromatic rings. The summed E-state index contributed by atoms with van der Waals surface area (Å²) in [6.45, 7) is 10.8. The number of fused-ring (bicyclic) bond motifs is 1. The van der Waals surface area contributed by atoms with Crippen LogP contribution in [0.5, 0.6) is 0 Å². The van der Waals surface area contributed by atoms with E-state index in [2.05, 4.69) is 25.5 Å². The molecule has 10 heteroatoms. The molecule has 2 N–H and O–H groups in total. The summed E-state index contributed by atoms with van der Waals surface area (Å²) in [4.78, 5) is 37.8. The molecule has 0 unspecified atom stereocenters. The molecule has 3 heterocycles. The maximum absolute atomic E-state index is 12.4. The molecule has 0 aliphatic carbocycles. The highest BCUT2D eigenvalue weighted by Crippen LogP contribution is 2.39. The highest BCUT2D eigenvalue weighted by Gasteiger charge is 2.34. The van der Waals surface area contributed by atoms with Gasteiger partial charge in [-0.25, -0.2) is 14.8 Å². The molecule has 1 saturated heterocycles. The number of nitrogens with one attached hydrogen (secondary N) is 2. The molecule has 0 radical (unpaired) electrons. The zero-order valence-corrected chi connectivity index (χ0v) is 20.9. The van der Waals surface area contributed by atoms with Crippen molar-refractivity contribution in [2.75, 3.05) is 36.0 Å². The first-order valence-corrected chi connectivity index (χ1v) is 11.5. The monoisotopic (exact) mass is 488 g/mol. The fraction of sp³-hybridized carbons (Fsp3) is 0.500. The van der Waals surface area contributed by atoms with E-state index in [4.69, 9.17) is 4.74 Å². The van der Waals surface area contributed by atoms with Crippen molar-refractivity contribution >= 4 is 36.0 Å². The topological polar surface area (TPSA) is 99.7 Å². The van der Waals surface area contributed by atoms with Crippen molar-refractivity contribution in [2.24, 2.45) is 0 Å². The summed E-state index contributed by atoms with van der Waals surface area (Å²) < 4.78 is 5.30. The van der Waals surface area contributed by atoms with Crippen LogP contribution < -0.4 is 20.4 Å². The Bertz CT molecular complexity index is 1010. The number of hydrogen-bond acceptors (Lipinski definition) is 7. The Morgan fingerprint density at radius 2 is 1.82 bits per heavy atom. The summed E-state index contributed by atoms with van der Waals surface area (Å²) >= 11 is 0. The molecule has 0 bridgehead atoms. The van der Waals surface area contributed by atoms with Gasteiger partial charge in [0.25, 0.3) is 0 Å². The highest BCUT2D eigenvalue weighted by molar-refractivity contribution is 5.94. The molecule has 1 fully saturated rings. The number of aromatic nitrogens is 2. The van der Waals surface area contributed by atoms with Crippen LogP contribution in [0.25, 0.3) is 11.1 Å². The van der Waals surface area contributed by atoms with E-state index in [-0.39, 0.29) is 36.5 Å². The second-order valence-corrected chi connectivity index (χ2v) is 8.91. The van der Waals surface area contributed by atoms with Crippen LogP contribution in [0, 0.1) is 0 Å². The standard InChI is InChI=1S/C24H32N6O3.ClH/c1-15(2)33-24(32)28-21-11-16(3)30(17(4)31)22-6-5-18(12-20(21)22)19-13-26-23(27-14-19)29-9-7-25-8-10-29;/h5-6,12-16,21,25H,7-11H2,1-4H3,(H,28,32);1H/t16-,21+;/m0./s1. The molecule has 34 heavy (non-hydrogen) atoms. The van der Waals surface area contributed by atoms with Crippen LogP contribution in [0.1, 0.15) is 45.7 Å².